The number of ether oxygens (including phenoxy) is 1. The zero-order valence-electron chi connectivity index (χ0n) is 14.5. The Kier molecular flexibility index (Phi) is 5.64. The molecule has 2 aromatic rings. The number of hydrogen-bond donors (Lipinski definition) is 1. The molecule has 0 aliphatic carbocycles. The SMILES string of the molecule is N#C/C(=C\c1cccn1-c1ccc([N+](=O)[O-])cc1)C(=O)NCC1CCCO1. The van der Waals surface area contributed by atoms with Gasteiger partial charge in [-0.3, -0.25) is 14.9 Å². The van der Waals surface area contributed by atoms with Gasteiger partial charge in [-0.1, -0.05) is 0 Å². The van der Waals surface area contributed by atoms with Gasteiger partial charge in [0.25, 0.3) is 11.6 Å². The summed E-state index contributed by atoms with van der Waals surface area (Å²) >= 11 is 0. The molecule has 1 fully saturated rings. The van der Waals surface area contributed by atoms with Crippen LogP contribution in [0.4, 0.5) is 5.69 Å². The molecular weight excluding hydrogens is 348 g/mol. The van der Waals surface area contributed by atoms with Crippen molar-refractivity contribution in [3.63, 3.8) is 0 Å². The van der Waals surface area contributed by atoms with Crippen molar-refractivity contribution < 1.29 is 14.5 Å². The minimum absolute atomic E-state index is 0.00198. The molecule has 1 atom stereocenters. The van der Waals surface area contributed by atoms with Crippen molar-refractivity contribution in [2.24, 2.45) is 0 Å². The van der Waals surface area contributed by atoms with Crippen LogP contribution in [0.2, 0.25) is 0 Å². The topological polar surface area (TPSA) is 110 Å². The van der Waals surface area contributed by atoms with Gasteiger partial charge >= 0.3 is 0 Å². The Balaban J connectivity index is 1.77. The Bertz CT molecular complexity index is 903. The molecule has 1 unspecified atom stereocenters. The van der Waals surface area contributed by atoms with Crippen molar-refractivity contribution in [2.45, 2.75) is 18.9 Å². The number of aromatic nitrogens is 1. The first-order valence-corrected chi connectivity index (χ1v) is 8.52. The second-order valence-corrected chi connectivity index (χ2v) is 6.09. The standard InChI is InChI=1S/C19H18N4O4/c20-12-14(19(24)21-13-18-4-2-10-27-18)11-17-3-1-9-22(17)15-5-7-16(8-6-15)23(25)26/h1,3,5-9,11,18H,2,4,10,13H2,(H,21,24)/b14-11+. The van der Waals surface area contributed by atoms with Crippen LogP contribution in [0.5, 0.6) is 0 Å². The minimum atomic E-state index is -0.466. The summed E-state index contributed by atoms with van der Waals surface area (Å²) in [6.45, 7) is 1.07. The summed E-state index contributed by atoms with van der Waals surface area (Å²) in [6, 6.07) is 11.5. The number of non-ortho nitro benzene ring substituents is 1. The molecule has 1 aliphatic rings. The molecule has 1 aromatic heterocycles. The summed E-state index contributed by atoms with van der Waals surface area (Å²) in [7, 11) is 0. The summed E-state index contributed by atoms with van der Waals surface area (Å²) in [5, 5.41) is 22.9. The van der Waals surface area contributed by atoms with Crippen molar-refractivity contribution in [1.82, 2.24) is 9.88 Å². The van der Waals surface area contributed by atoms with Crippen LogP contribution in [0.15, 0.2) is 48.2 Å². The third kappa shape index (κ3) is 4.40. The van der Waals surface area contributed by atoms with Crippen LogP contribution in [-0.4, -0.2) is 34.7 Å². The van der Waals surface area contributed by atoms with Gasteiger partial charge in [0.2, 0.25) is 0 Å². The molecule has 1 aromatic carbocycles. The summed E-state index contributed by atoms with van der Waals surface area (Å²) in [4.78, 5) is 22.6. The first kappa shape index (κ1) is 18.4. The van der Waals surface area contributed by atoms with Gasteiger partial charge in [0, 0.05) is 42.9 Å². The number of nitrogens with zero attached hydrogens (tertiary/aromatic N) is 3. The summed E-state index contributed by atoms with van der Waals surface area (Å²) in [6.07, 6.45) is 5.12. The Morgan fingerprint density at radius 1 is 1.41 bits per heavy atom. The predicted octanol–water partition coefficient (Wildman–Crippen LogP) is 2.59. The lowest BCUT2D eigenvalue weighted by Gasteiger charge is -2.10. The Hall–Kier alpha value is -3.44. The van der Waals surface area contributed by atoms with E-state index in [0.29, 0.717) is 24.5 Å². The number of carbonyl (C=O) groups excluding carboxylic acids is 1. The van der Waals surface area contributed by atoms with Crippen LogP contribution in [0.1, 0.15) is 18.5 Å². The van der Waals surface area contributed by atoms with Crippen molar-refractivity contribution in [2.75, 3.05) is 13.2 Å². The molecule has 1 N–H and O–H groups in total. The maximum Gasteiger partial charge on any atom is 0.269 e. The van der Waals surface area contributed by atoms with E-state index >= 15 is 0 Å². The van der Waals surface area contributed by atoms with Gasteiger partial charge in [-0.15, -0.1) is 0 Å². The van der Waals surface area contributed by atoms with E-state index < -0.39 is 10.8 Å². The molecule has 0 saturated carbocycles. The lowest BCUT2D eigenvalue weighted by molar-refractivity contribution is -0.384. The monoisotopic (exact) mass is 366 g/mol. The molecule has 27 heavy (non-hydrogen) atoms. The van der Waals surface area contributed by atoms with E-state index in [1.165, 1.54) is 18.2 Å². The van der Waals surface area contributed by atoms with Crippen molar-refractivity contribution in [1.29, 1.82) is 5.26 Å². The van der Waals surface area contributed by atoms with Gasteiger partial charge in [0.15, 0.2) is 0 Å². The molecule has 8 nitrogen and oxygen atoms in total. The Labute approximate surface area is 155 Å². The van der Waals surface area contributed by atoms with Crippen molar-refractivity contribution >= 4 is 17.7 Å². The van der Waals surface area contributed by atoms with Crippen molar-refractivity contribution in [3.8, 4) is 11.8 Å². The molecule has 0 spiro atoms. The highest BCUT2D eigenvalue weighted by molar-refractivity contribution is 6.01. The number of carbonyl (C=O) groups is 1. The number of nitro groups is 1. The number of hydrogen-bond acceptors (Lipinski definition) is 5. The third-order valence-electron chi connectivity index (χ3n) is 4.29. The smallest absolute Gasteiger partial charge is 0.269 e. The fourth-order valence-electron chi connectivity index (χ4n) is 2.89. The molecule has 2 heterocycles. The molecule has 1 amide bonds. The number of nitriles is 1. The first-order chi connectivity index (χ1) is 13.1. The second-order valence-electron chi connectivity index (χ2n) is 6.09. The predicted molar refractivity (Wildman–Crippen MR) is 98.0 cm³/mol. The van der Waals surface area contributed by atoms with Crippen LogP contribution < -0.4 is 5.32 Å². The molecule has 3 rings (SSSR count). The van der Waals surface area contributed by atoms with Crippen LogP contribution in [-0.2, 0) is 9.53 Å². The van der Waals surface area contributed by atoms with E-state index in [0.717, 1.165) is 12.8 Å². The quantitative estimate of drug-likeness (QED) is 0.366. The Morgan fingerprint density at radius 2 is 2.19 bits per heavy atom. The van der Waals surface area contributed by atoms with Crippen LogP contribution in [0, 0.1) is 21.4 Å². The van der Waals surface area contributed by atoms with E-state index in [9.17, 15) is 20.2 Å². The fourth-order valence-corrected chi connectivity index (χ4v) is 2.89. The Morgan fingerprint density at radius 3 is 2.81 bits per heavy atom. The molecule has 8 heteroatoms. The number of benzene rings is 1. The maximum absolute atomic E-state index is 12.3. The van der Waals surface area contributed by atoms with Crippen LogP contribution in [0.3, 0.4) is 0 Å². The average molecular weight is 366 g/mol. The molecule has 0 bridgehead atoms. The van der Waals surface area contributed by atoms with E-state index in [4.69, 9.17) is 4.74 Å². The van der Waals surface area contributed by atoms with Gasteiger partial charge in [-0.25, -0.2) is 0 Å². The molecular formula is C19H18N4O4. The van der Waals surface area contributed by atoms with Crippen LogP contribution >= 0.6 is 0 Å². The highest BCUT2D eigenvalue weighted by Crippen LogP contribution is 2.19. The second kappa shape index (κ2) is 8.29. The average Bonchev–Trinajstić information content (AvgIpc) is 3.36. The van der Waals surface area contributed by atoms with Gasteiger partial charge in [0.05, 0.1) is 11.0 Å². The number of nitrogens with one attached hydrogen (secondary N) is 1. The summed E-state index contributed by atoms with van der Waals surface area (Å²) < 4.78 is 7.20. The van der Waals surface area contributed by atoms with Gasteiger partial charge in [0.1, 0.15) is 11.6 Å². The van der Waals surface area contributed by atoms with Crippen molar-refractivity contribution in [3.05, 3.63) is 64.0 Å². The lowest BCUT2D eigenvalue weighted by Crippen LogP contribution is -2.32. The normalized spacial score (nSPS) is 16.7. The largest absolute Gasteiger partial charge is 0.376 e. The number of rotatable bonds is 6. The zero-order chi connectivity index (χ0) is 19.2. The molecule has 0 radical (unpaired) electrons. The minimum Gasteiger partial charge on any atom is -0.376 e. The third-order valence-corrected chi connectivity index (χ3v) is 4.29. The van der Waals surface area contributed by atoms with E-state index in [1.807, 2.05) is 6.07 Å². The zero-order valence-corrected chi connectivity index (χ0v) is 14.5. The first-order valence-electron chi connectivity index (χ1n) is 8.52. The molecule has 138 valence electrons. The van der Waals surface area contributed by atoms with E-state index in [2.05, 4.69) is 5.32 Å². The van der Waals surface area contributed by atoms with Gasteiger partial charge in [-0.2, -0.15) is 5.26 Å². The van der Waals surface area contributed by atoms with Crippen LogP contribution in [0.25, 0.3) is 11.8 Å². The number of nitro benzene ring substituents is 1. The van der Waals surface area contributed by atoms with E-state index in [1.54, 1.807) is 35.0 Å². The summed E-state index contributed by atoms with van der Waals surface area (Å²) in [5.41, 5.74) is 1.28. The summed E-state index contributed by atoms with van der Waals surface area (Å²) in [5.74, 6) is -0.454. The molecule has 1 aliphatic heterocycles. The lowest BCUT2D eigenvalue weighted by atomic mass is 10.2. The molecule has 1 saturated heterocycles. The van der Waals surface area contributed by atoms with Gasteiger partial charge < -0.3 is 14.6 Å². The highest BCUT2D eigenvalue weighted by Gasteiger charge is 2.18. The van der Waals surface area contributed by atoms with Gasteiger partial charge in [-0.05, 0) is 43.2 Å². The fraction of sp³-hybridized carbons (Fsp3) is 0.263. The van der Waals surface area contributed by atoms with E-state index in [-0.39, 0.29) is 17.4 Å². The number of amides is 1. The highest BCUT2D eigenvalue weighted by atomic mass is 16.6. The maximum atomic E-state index is 12.3.